The van der Waals surface area contributed by atoms with Crippen molar-refractivity contribution in [2.45, 2.75) is 32.6 Å². The highest BCUT2D eigenvalue weighted by Gasteiger charge is 2.63. The van der Waals surface area contributed by atoms with Gasteiger partial charge < -0.3 is 10.2 Å². The summed E-state index contributed by atoms with van der Waals surface area (Å²) in [5, 5.41) is 3.55. The van der Waals surface area contributed by atoms with E-state index in [-0.39, 0.29) is 0 Å². The molecule has 2 nitrogen and oxygen atoms in total. The highest BCUT2D eigenvalue weighted by atomic mass is 15.2. The van der Waals surface area contributed by atoms with Crippen molar-refractivity contribution in [2.75, 3.05) is 32.7 Å². The molecule has 2 heteroatoms. The lowest BCUT2D eigenvalue weighted by Gasteiger charge is -2.32. The van der Waals surface area contributed by atoms with Crippen molar-refractivity contribution >= 4 is 0 Å². The van der Waals surface area contributed by atoms with Gasteiger partial charge in [0.15, 0.2) is 0 Å². The van der Waals surface area contributed by atoms with Crippen LogP contribution in [0.4, 0.5) is 0 Å². The Kier molecular flexibility index (Phi) is 4.00. The van der Waals surface area contributed by atoms with E-state index in [1.807, 2.05) is 0 Å². The van der Waals surface area contributed by atoms with Crippen LogP contribution < -0.4 is 5.32 Å². The zero-order chi connectivity index (χ0) is 15.0. The second kappa shape index (κ2) is 5.98. The smallest absolute Gasteiger partial charge is 0.00188 e. The Morgan fingerprint density at radius 3 is 2.64 bits per heavy atom. The maximum Gasteiger partial charge on any atom is 0.00188 e. The number of nitrogens with zero attached hydrogens (tertiary/aromatic N) is 1. The van der Waals surface area contributed by atoms with Gasteiger partial charge in [-0.1, -0.05) is 37.3 Å². The maximum atomic E-state index is 3.55. The Labute approximate surface area is 135 Å². The lowest BCUT2D eigenvalue weighted by atomic mass is 9.90. The van der Waals surface area contributed by atoms with Gasteiger partial charge in [-0.05, 0) is 74.0 Å². The van der Waals surface area contributed by atoms with E-state index in [2.05, 4.69) is 47.5 Å². The summed E-state index contributed by atoms with van der Waals surface area (Å²) in [7, 11) is 0. The van der Waals surface area contributed by atoms with Crippen LogP contribution in [-0.4, -0.2) is 37.6 Å². The lowest BCUT2D eigenvalue weighted by molar-refractivity contribution is 0.164. The number of nitrogens with one attached hydrogen (secondary N) is 1. The topological polar surface area (TPSA) is 15.3 Å². The average Bonchev–Trinajstić information content (AvgIpc) is 2.90. The first-order valence-corrected chi connectivity index (χ1v) is 9.23. The second-order valence-corrected chi connectivity index (χ2v) is 8.12. The van der Waals surface area contributed by atoms with E-state index in [1.54, 1.807) is 0 Å². The van der Waals surface area contributed by atoms with Gasteiger partial charge in [-0.15, -0.1) is 0 Å². The highest BCUT2D eigenvalue weighted by Crippen LogP contribution is 2.60. The zero-order valence-corrected chi connectivity index (χ0v) is 13.9. The molecular weight excluding hydrogens is 268 g/mol. The summed E-state index contributed by atoms with van der Waals surface area (Å²) in [6, 6.07) is 11.0. The van der Waals surface area contributed by atoms with E-state index >= 15 is 0 Å². The van der Waals surface area contributed by atoms with Gasteiger partial charge in [0.05, 0.1) is 0 Å². The molecule has 0 spiro atoms. The van der Waals surface area contributed by atoms with Crippen LogP contribution in [0.1, 0.15) is 31.7 Å². The molecule has 0 amide bonds. The van der Waals surface area contributed by atoms with E-state index in [0.717, 1.165) is 17.8 Å². The third kappa shape index (κ3) is 2.83. The van der Waals surface area contributed by atoms with Gasteiger partial charge in [-0.2, -0.15) is 0 Å². The normalized spacial score (nSPS) is 35.5. The number of piperidine rings is 2. The molecule has 22 heavy (non-hydrogen) atoms. The Morgan fingerprint density at radius 1 is 1.18 bits per heavy atom. The van der Waals surface area contributed by atoms with Crippen LogP contribution >= 0.6 is 0 Å². The second-order valence-electron chi connectivity index (χ2n) is 8.12. The highest BCUT2D eigenvalue weighted by molar-refractivity contribution is 5.15. The molecule has 2 aliphatic heterocycles. The van der Waals surface area contributed by atoms with Gasteiger partial charge in [0.1, 0.15) is 0 Å². The standard InChI is InChI=1S/C20H30N2/c1-20-15-21-13-18(20)19(20)14-22-11-9-17(10-12-22)8-7-16-5-3-2-4-6-16/h2-6,17-19,21H,7-15H2,1H3/t18-,19?,20-/m1/s1. The molecule has 4 rings (SSSR count). The van der Waals surface area contributed by atoms with Crippen LogP contribution in [0.25, 0.3) is 0 Å². The van der Waals surface area contributed by atoms with Crippen LogP contribution in [-0.2, 0) is 6.42 Å². The molecule has 2 saturated heterocycles. The summed E-state index contributed by atoms with van der Waals surface area (Å²) in [6.45, 7) is 9.08. The molecule has 1 N–H and O–H groups in total. The van der Waals surface area contributed by atoms with Crippen LogP contribution in [0, 0.1) is 23.2 Å². The molecular formula is C20H30N2. The Hall–Kier alpha value is -0.860. The van der Waals surface area contributed by atoms with Gasteiger partial charge in [-0.25, -0.2) is 0 Å². The monoisotopic (exact) mass is 298 g/mol. The number of likely N-dealkylation sites (tertiary alicyclic amines) is 1. The van der Waals surface area contributed by atoms with Crippen molar-refractivity contribution in [3.63, 3.8) is 0 Å². The minimum absolute atomic E-state index is 0.643. The van der Waals surface area contributed by atoms with Crippen LogP contribution in [0.3, 0.4) is 0 Å². The zero-order valence-electron chi connectivity index (χ0n) is 13.9. The van der Waals surface area contributed by atoms with Crippen molar-refractivity contribution in [1.82, 2.24) is 10.2 Å². The van der Waals surface area contributed by atoms with E-state index in [0.29, 0.717) is 5.41 Å². The summed E-state index contributed by atoms with van der Waals surface area (Å²) in [6.07, 6.45) is 5.48. The molecule has 3 fully saturated rings. The van der Waals surface area contributed by atoms with Gasteiger partial charge >= 0.3 is 0 Å². The molecule has 3 atom stereocenters. The molecule has 1 saturated carbocycles. The van der Waals surface area contributed by atoms with Crippen molar-refractivity contribution in [1.29, 1.82) is 0 Å². The molecule has 120 valence electrons. The average molecular weight is 298 g/mol. The number of hydrogen-bond donors (Lipinski definition) is 1. The fourth-order valence-electron chi connectivity index (χ4n) is 4.99. The van der Waals surface area contributed by atoms with Gasteiger partial charge in [0.2, 0.25) is 0 Å². The molecule has 1 aromatic rings. The van der Waals surface area contributed by atoms with E-state index in [4.69, 9.17) is 0 Å². The minimum Gasteiger partial charge on any atom is -0.316 e. The molecule has 0 radical (unpaired) electrons. The number of hydrogen-bond acceptors (Lipinski definition) is 2. The number of rotatable bonds is 5. The van der Waals surface area contributed by atoms with Crippen molar-refractivity contribution in [2.24, 2.45) is 23.2 Å². The van der Waals surface area contributed by atoms with Crippen molar-refractivity contribution in [3.05, 3.63) is 35.9 Å². The van der Waals surface area contributed by atoms with Crippen molar-refractivity contribution in [3.8, 4) is 0 Å². The van der Waals surface area contributed by atoms with E-state index in [1.165, 1.54) is 64.0 Å². The third-order valence-corrected chi connectivity index (χ3v) is 6.79. The first-order valence-electron chi connectivity index (χ1n) is 9.23. The van der Waals surface area contributed by atoms with Gasteiger partial charge in [0.25, 0.3) is 0 Å². The Bertz CT molecular complexity index is 492. The van der Waals surface area contributed by atoms with E-state index in [9.17, 15) is 0 Å². The minimum atomic E-state index is 0.643. The molecule has 3 aliphatic rings. The first-order chi connectivity index (χ1) is 10.8. The van der Waals surface area contributed by atoms with Crippen LogP contribution in [0.15, 0.2) is 30.3 Å². The predicted octanol–water partition coefficient (Wildman–Crippen LogP) is 3.19. The molecule has 1 aromatic carbocycles. The Morgan fingerprint density at radius 2 is 1.95 bits per heavy atom. The van der Waals surface area contributed by atoms with Gasteiger partial charge in [-0.3, -0.25) is 0 Å². The SMILES string of the molecule is C[C@@]12CNC[C@@H]1C2CN1CCC(CCc2ccccc2)CC1. The molecule has 0 aromatic heterocycles. The Balaban J connectivity index is 1.19. The van der Waals surface area contributed by atoms with E-state index < -0.39 is 0 Å². The summed E-state index contributed by atoms with van der Waals surface area (Å²) in [5.41, 5.74) is 2.15. The molecule has 0 bridgehead atoms. The summed E-state index contributed by atoms with van der Waals surface area (Å²) in [4.78, 5) is 2.76. The van der Waals surface area contributed by atoms with Crippen LogP contribution in [0.2, 0.25) is 0 Å². The lowest BCUT2D eigenvalue weighted by Crippen LogP contribution is -2.37. The number of aryl methyl sites for hydroxylation is 1. The fraction of sp³-hybridized carbons (Fsp3) is 0.700. The molecule has 1 aliphatic carbocycles. The quantitative estimate of drug-likeness (QED) is 0.898. The van der Waals surface area contributed by atoms with Crippen molar-refractivity contribution < 1.29 is 0 Å². The first kappa shape index (κ1) is 14.7. The largest absolute Gasteiger partial charge is 0.316 e. The summed E-state index contributed by atoms with van der Waals surface area (Å²) >= 11 is 0. The summed E-state index contributed by atoms with van der Waals surface area (Å²) < 4.78 is 0. The number of benzene rings is 1. The number of fused-ring (bicyclic) bond motifs is 1. The van der Waals surface area contributed by atoms with Crippen LogP contribution in [0.5, 0.6) is 0 Å². The third-order valence-electron chi connectivity index (χ3n) is 6.79. The molecule has 1 unspecified atom stereocenters. The summed E-state index contributed by atoms with van der Waals surface area (Å²) in [5.74, 6) is 2.91. The maximum absolute atomic E-state index is 3.55. The fourth-order valence-corrected chi connectivity index (χ4v) is 4.99. The predicted molar refractivity (Wildman–Crippen MR) is 91.9 cm³/mol. The molecule has 2 heterocycles. The van der Waals surface area contributed by atoms with Gasteiger partial charge in [0, 0.05) is 13.1 Å².